The van der Waals surface area contributed by atoms with Crippen molar-refractivity contribution in [2.75, 3.05) is 0 Å². The zero-order valence-electron chi connectivity index (χ0n) is 10.1. The molecule has 5 nitrogen and oxygen atoms in total. The van der Waals surface area contributed by atoms with E-state index >= 15 is 0 Å². The minimum Gasteiger partial charge on any atom is -0.478 e. The van der Waals surface area contributed by atoms with Crippen molar-refractivity contribution in [3.63, 3.8) is 0 Å². The summed E-state index contributed by atoms with van der Waals surface area (Å²) in [6, 6.07) is 6.19. The van der Waals surface area contributed by atoms with Crippen molar-refractivity contribution in [1.82, 2.24) is 9.78 Å². The lowest BCUT2D eigenvalue weighted by Crippen LogP contribution is -2.22. The van der Waals surface area contributed by atoms with E-state index in [1.54, 1.807) is 19.2 Å². The second kappa shape index (κ2) is 5.36. The van der Waals surface area contributed by atoms with Crippen LogP contribution in [0.1, 0.15) is 21.5 Å². The van der Waals surface area contributed by atoms with E-state index in [1.165, 1.54) is 22.9 Å². The summed E-state index contributed by atoms with van der Waals surface area (Å²) in [6.45, 7) is 2.09. The number of nitrogens with zero attached hydrogens (tertiary/aromatic N) is 2. The average Bonchev–Trinajstić information content (AvgIpc) is 2.34. The Balaban J connectivity index is 2.33. The maximum absolute atomic E-state index is 11.7. The molecule has 0 aliphatic rings. The predicted octanol–water partition coefficient (Wildman–Crippen LogP) is 2.06. The van der Waals surface area contributed by atoms with Gasteiger partial charge >= 0.3 is 5.97 Å². The van der Waals surface area contributed by atoms with Crippen LogP contribution in [0.5, 0.6) is 0 Å². The topological polar surface area (TPSA) is 72.2 Å². The highest BCUT2D eigenvalue weighted by Crippen LogP contribution is 2.19. The fourth-order valence-electron chi connectivity index (χ4n) is 1.61. The van der Waals surface area contributed by atoms with Gasteiger partial charge in [0, 0.05) is 10.5 Å². The highest BCUT2D eigenvalue weighted by atomic mass is 79.9. The number of hydrogen-bond donors (Lipinski definition) is 1. The van der Waals surface area contributed by atoms with E-state index in [0.717, 1.165) is 11.1 Å². The van der Waals surface area contributed by atoms with Gasteiger partial charge in [0.1, 0.15) is 0 Å². The maximum atomic E-state index is 11.7. The summed E-state index contributed by atoms with van der Waals surface area (Å²) in [7, 11) is 0. The molecule has 0 amide bonds. The lowest BCUT2D eigenvalue weighted by Gasteiger charge is -2.07. The number of aromatic carboxylic acids is 1. The van der Waals surface area contributed by atoms with Crippen molar-refractivity contribution < 1.29 is 9.90 Å². The largest absolute Gasteiger partial charge is 0.478 e. The summed E-state index contributed by atoms with van der Waals surface area (Å²) in [6.07, 6.45) is 1.61. The van der Waals surface area contributed by atoms with Crippen LogP contribution in [0.15, 0.2) is 39.7 Å². The summed E-state index contributed by atoms with van der Waals surface area (Å²) >= 11 is 3.31. The van der Waals surface area contributed by atoms with E-state index in [4.69, 9.17) is 5.11 Å². The Hall–Kier alpha value is -1.95. The summed E-state index contributed by atoms with van der Waals surface area (Å²) < 4.78 is 1.97. The van der Waals surface area contributed by atoms with Crippen LogP contribution in [0.3, 0.4) is 0 Å². The highest BCUT2D eigenvalue weighted by molar-refractivity contribution is 9.10. The van der Waals surface area contributed by atoms with E-state index in [9.17, 15) is 9.59 Å². The first-order valence-corrected chi connectivity index (χ1v) is 6.32. The Kier molecular flexibility index (Phi) is 3.80. The zero-order chi connectivity index (χ0) is 14.0. The first-order valence-electron chi connectivity index (χ1n) is 5.53. The maximum Gasteiger partial charge on any atom is 0.335 e. The molecule has 1 aromatic heterocycles. The quantitative estimate of drug-likeness (QED) is 0.938. The van der Waals surface area contributed by atoms with Crippen LogP contribution in [0.25, 0.3) is 0 Å². The van der Waals surface area contributed by atoms with Crippen molar-refractivity contribution in [3.8, 4) is 0 Å². The third-order valence-corrected chi connectivity index (χ3v) is 3.36. The standard InChI is InChI=1S/C13H11BrN2O3/c1-8-4-12(17)16(15-6-8)7-10-3-2-9(13(18)19)5-11(10)14/h2-6H,7H2,1H3,(H,18,19). The minimum atomic E-state index is -0.988. The second-order valence-electron chi connectivity index (χ2n) is 4.14. The molecular formula is C13H11BrN2O3. The number of halogens is 1. The lowest BCUT2D eigenvalue weighted by atomic mass is 10.1. The third kappa shape index (κ3) is 3.08. The van der Waals surface area contributed by atoms with Crippen molar-refractivity contribution >= 4 is 21.9 Å². The predicted molar refractivity (Wildman–Crippen MR) is 73.4 cm³/mol. The molecule has 0 spiro atoms. The van der Waals surface area contributed by atoms with Gasteiger partial charge in [-0.1, -0.05) is 22.0 Å². The van der Waals surface area contributed by atoms with Crippen LogP contribution in [0.2, 0.25) is 0 Å². The average molecular weight is 323 g/mol. The van der Waals surface area contributed by atoms with Gasteiger partial charge in [-0.15, -0.1) is 0 Å². The highest BCUT2D eigenvalue weighted by Gasteiger charge is 2.08. The molecule has 2 aromatic rings. The minimum absolute atomic E-state index is 0.186. The smallest absolute Gasteiger partial charge is 0.335 e. The Morgan fingerprint density at radius 1 is 1.42 bits per heavy atom. The molecule has 0 saturated heterocycles. The molecule has 0 unspecified atom stereocenters. The fraction of sp³-hybridized carbons (Fsp3) is 0.154. The summed E-state index contributed by atoms with van der Waals surface area (Å²) in [5, 5.41) is 12.9. The number of benzene rings is 1. The van der Waals surface area contributed by atoms with Crippen LogP contribution in [0.4, 0.5) is 0 Å². The number of rotatable bonds is 3. The van der Waals surface area contributed by atoms with Gasteiger partial charge in [-0.25, -0.2) is 9.48 Å². The summed E-state index contributed by atoms with van der Waals surface area (Å²) in [5.74, 6) is -0.988. The van der Waals surface area contributed by atoms with Gasteiger partial charge < -0.3 is 5.11 Å². The number of aromatic nitrogens is 2. The van der Waals surface area contributed by atoms with Gasteiger partial charge in [0.15, 0.2) is 0 Å². The van der Waals surface area contributed by atoms with Crippen LogP contribution >= 0.6 is 15.9 Å². The van der Waals surface area contributed by atoms with Crippen molar-refractivity contribution in [2.24, 2.45) is 0 Å². The first-order chi connectivity index (χ1) is 8.97. The SMILES string of the molecule is Cc1cnn(Cc2ccc(C(=O)O)cc2Br)c(=O)c1. The molecule has 0 radical (unpaired) electrons. The number of hydrogen-bond acceptors (Lipinski definition) is 3. The van der Waals surface area contributed by atoms with Crippen LogP contribution < -0.4 is 5.56 Å². The Morgan fingerprint density at radius 2 is 2.16 bits per heavy atom. The number of carboxylic acid groups (broad SMARTS) is 1. The molecule has 1 aromatic carbocycles. The number of carboxylic acids is 1. The molecule has 0 aliphatic carbocycles. The molecule has 98 valence electrons. The lowest BCUT2D eigenvalue weighted by molar-refractivity contribution is 0.0697. The monoisotopic (exact) mass is 322 g/mol. The zero-order valence-corrected chi connectivity index (χ0v) is 11.7. The van der Waals surface area contributed by atoms with Crippen LogP contribution in [0, 0.1) is 6.92 Å². The summed E-state index contributed by atoms with van der Waals surface area (Å²) in [5.41, 5.74) is 1.61. The van der Waals surface area contributed by atoms with Crippen LogP contribution in [-0.2, 0) is 6.54 Å². The number of aryl methyl sites for hydroxylation is 1. The van der Waals surface area contributed by atoms with Gasteiger partial charge in [-0.3, -0.25) is 4.79 Å². The van der Waals surface area contributed by atoms with Gasteiger partial charge in [0.05, 0.1) is 18.3 Å². The van der Waals surface area contributed by atoms with Gasteiger partial charge in [0.25, 0.3) is 5.56 Å². The van der Waals surface area contributed by atoms with E-state index in [2.05, 4.69) is 21.0 Å². The van der Waals surface area contributed by atoms with E-state index in [0.29, 0.717) is 11.0 Å². The van der Waals surface area contributed by atoms with Gasteiger partial charge in [-0.2, -0.15) is 5.10 Å². The molecule has 19 heavy (non-hydrogen) atoms. The molecule has 1 N–H and O–H groups in total. The Bertz CT molecular complexity index is 695. The van der Waals surface area contributed by atoms with Crippen LogP contribution in [-0.4, -0.2) is 20.9 Å². The second-order valence-corrected chi connectivity index (χ2v) is 4.99. The number of carbonyl (C=O) groups is 1. The molecule has 6 heteroatoms. The van der Waals surface area contributed by atoms with Crippen molar-refractivity contribution in [3.05, 3.63) is 62.0 Å². The van der Waals surface area contributed by atoms with Crippen molar-refractivity contribution in [2.45, 2.75) is 13.5 Å². The van der Waals surface area contributed by atoms with E-state index in [1.807, 2.05) is 0 Å². The molecule has 1 heterocycles. The van der Waals surface area contributed by atoms with E-state index in [-0.39, 0.29) is 11.1 Å². The first kappa shape index (κ1) is 13.5. The molecule has 0 fully saturated rings. The Morgan fingerprint density at radius 3 is 2.74 bits per heavy atom. The fourth-order valence-corrected chi connectivity index (χ4v) is 2.12. The van der Waals surface area contributed by atoms with E-state index < -0.39 is 5.97 Å². The molecule has 2 rings (SSSR count). The van der Waals surface area contributed by atoms with Gasteiger partial charge in [-0.05, 0) is 30.2 Å². The Labute approximate surface area is 117 Å². The molecular weight excluding hydrogens is 312 g/mol. The summed E-state index contributed by atoms with van der Waals surface area (Å²) in [4.78, 5) is 22.5. The molecule has 0 atom stereocenters. The van der Waals surface area contributed by atoms with Gasteiger partial charge in [0.2, 0.25) is 0 Å². The molecule has 0 aliphatic heterocycles. The molecule has 0 saturated carbocycles. The normalized spacial score (nSPS) is 10.4. The third-order valence-electron chi connectivity index (χ3n) is 2.63. The van der Waals surface area contributed by atoms with Crippen molar-refractivity contribution in [1.29, 1.82) is 0 Å². The molecule has 0 bridgehead atoms.